The van der Waals surface area contributed by atoms with Gasteiger partial charge in [-0.3, -0.25) is 12.5 Å². The maximum atomic E-state index is 13.6. The van der Waals surface area contributed by atoms with Crippen molar-refractivity contribution in [1.82, 2.24) is 0 Å². The standard InChI is InChI=1S/C15H21F13O4S/c1-4-30-33(31-5-2,32-6-3)9-7-8-29-15(27,28)13(22,23)11(18,19)10(16,17)12(20,21)14(24,25)26/h4-9H2,1-3H3. The zero-order valence-corrected chi connectivity index (χ0v) is 18.0. The summed E-state index contributed by atoms with van der Waals surface area (Å²) < 4.78 is 188. The van der Waals surface area contributed by atoms with Gasteiger partial charge in [0.05, 0.1) is 37.3 Å². The average Bonchev–Trinajstić information content (AvgIpc) is 2.64. The third kappa shape index (κ3) is 6.29. The molecule has 0 saturated carbocycles. The summed E-state index contributed by atoms with van der Waals surface area (Å²) in [4.78, 5) is 0. The van der Waals surface area contributed by atoms with Gasteiger partial charge < -0.3 is 4.74 Å². The summed E-state index contributed by atoms with van der Waals surface area (Å²) in [5.74, 6) is -31.6. The zero-order valence-electron chi connectivity index (χ0n) is 17.2. The van der Waals surface area contributed by atoms with Crippen LogP contribution in [-0.2, 0) is 17.3 Å². The molecular formula is C15H21F13O4S. The highest BCUT2D eigenvalue weighted by Crippen LogP contribution is 2.60. The van der Waals surface area contributed by atoms with Crippen LogP contribution < -0.4 is 0 Å². The smallest absolute Gasteiger partial charge is 0.315 e. The minimum atomic E-state index is -7.97. The Hall–Kier alpha value is -0.720. The third-order valence-electron chi connectivity index (χ3n) is 3.62. The van der Waals surface area contributed by atoms with E-state index < -0.39 is 65.6 Å². The quantitative estimate of drug-likeness (QED) is 0.169. The molecular weight excluding hydrogens is 523 g/mol. The monoisotopic (exact) mass is 544 g/mol. The summed E-state index contributed by atoms with van der Waals surface area (Å²) in [6, 6.07) is 0. The van der Waals surface area contributed by atoms with Gasteiger partial charge in [0, 0.05) is 5.75 Å². The summed E-state index contributed by atoms with van der Waals surface area (Å²) in [7, 11) is -2.89. The van der Waals surface area contributed by atoms with E-state index in [1.54, 1.807) is 0 Å². The van der Waals surface area contributed by atoms with Crippen molar-refractivity contribution in [2.75, 3.05) is 32.2 Å². The number of hydrogen-bond donors (Lipinski definition) is 0. The Morgan fingerprint density at radius 2 is 0.909 bits per heavy atom. The van der Waals surface area contributed by atoms with E-state index in [9.17, 15) is 57.1 Å². The molecule has 0 rings (SSSR count). The molecule has 0 aliphatic heterocycles. The van der Waals surface area contributed by atoms with Crippen LogP contribution in [0.3, 0.4) is 0 Å². The van der Waals surface area contributed by atoms with Gasteiger partial charge in [0.25, 0.3) is 0 Å². The van der Waals surface area contributed by atoms with Crippen LogP contribution in [-0.4, -0.2) is 68.2 Å². The van der Waals surface area contributed by atoms with Crippen molar-refractivity contribution in [1.29, 1.82) is 0 Å². The first kappa shape index (κ1) is 32.3. The lowest BCUT2D eigenvalue weighted by Gasteiger charge is -2.39. The van der Waals surface area contributed by atoms with Crippen LogP contribution in [0, 0.1) is 0 Å². The van der Waals surface area contributed by atoms with Crippen LogP contribution in [0.25, 0.3) is 0 Å². The predicted octanol–water partition coefficient (Wildman–Crippen LogP) is 6.75. The Bertz CT molecular complexity index is 596. The molecule has 0 aromatic rings. The van der Waals surface area contributed by atoms with Crippen molar-refractivity contribution < 1.29 is 74.4 Å². The normalized spacial score (nSPS) is 15.8. The lowest BCUT2D eigenvalue weighted by molar-refractivity contribution is -0.465. The second kappa shape index (κ2) is 10.9. The van der Waals surface area contributed by atoms with E-state index in [0.29, 0.717) is 0 Å². The molecule has 0 aromatic heterocycles. The fourth-order valence-corrected chi connectivity index (χ4v) is 4.21. The number of ether oxygens (including phenoxy) is 1. The largest absolute Gasteiger partial charge is 0.460 e. The molecule has 0 aliphatic rings. The first-order valence-electron chi connectivity index (χ1n) is 8.98. The summed E-state index contributed by atoms with van der Waals surface area (Å²) >= 11 is 0. The number of halogens is 13. The van der Waals surface area contributed by atoms with E-state index in [1.165, 1.54) is 20.8 Å². The molecule has 0 aromatic carbocycles. The Morgan fingerprint density at radius 3 is 1.24 bits per heavy atom. The van der Waals surface area contributed by atoms with E-state index in [0.717, 1.165) is 0 Å². The molecule has 0 fully saturated rings. The highest BCUT2D eigenvalue weighted by Gasteiger charge is 2.91. The third-order valence-corrected chi connectivity index (χ3v) is 6.19. The Morgan fingerprint density at radius 1 is 0.545 bits per heavy atom. The fraction of sp³-hybridized carbons (Fsp3) is 1.00. The Labute approximate surface area is 181 Å². The molecule has 202 valence electrons. The molecule has 0 saturated heterocycles. The molecule has 4 nitrogen and oxygen atoms in total. The highest BCUT2D eigenvalue weighted by atomic mass is 32.3. The van der Waals surface area contributed by atoms with E-state index in [4.69, 9.17) is 12.5 Å². The molecule has 0 aliphatic carbocycles. The van der Waals surface area contributed by atoms with E-state index in [1.807, 2.05) is 0 Å². The first-order valence-corrected chi connectivity index (χ1v) is 10.6. The van der Waals surface area contributed by atoms with Crippen LogP contribution in [0.15, 0.2) is 0 Å². The fourth-order valence-electron chi connectivity index (χ4n) is 2.10. The van der Waals surface area contributed by atoms with Gasteiger partial charge in [-0.25, -0.2) is 0 Å². The molecule has 18 heteroatoms. The summed E-state index contributed by atoms with van der Waals surface area (Å²) in [6.45, 7) is 2.78. The van der Waals surface area contributed by atoms with Crippen molar-refractivity contribution in [3.8, 4) is 0 Å². The molecule has 0 atom stereocenters. The number of hydrogen-bond acceptors (Lipinski definition) is 4. The van der Waals surface area contributed by atoms with Gasteiger partial charge in [-0.1, -0.05) is 0 Å². The Balaban J connectivity index is 5.63. The first-order chi connectivity index (χ1) is 14.6. The van der Waals surface area contributed by atoms with Gasteiger partial charge in [-0.15, -0.1) is 0 Å². The maximum absolute atomic E-state index is 13.6. The van der Waals surface area contributed by atoms with Gasteiger partial charge in [-0.2, -0.15) is 57.1 Å². The van der Waals surface area contributed by atoms with Gasteiger partial charge in [0.15, 0.2) is 0 Å². The highest BCUT2D eigenvalue weighted by molar-refractivity contribution is 8.21. The number of rotatable bonds is 15. The van der Waals surface area contributed by atoms with Crippen LogP contribution in [0.4, 0.5) is 57.1 Å². The van der Waals surface area contributed by atoms with E-state index in [2.05, 4.69) is 4.74 Å². The SMILES string of the molecule is CCOS(CCCOC(F)(F)C(F)(F)C(F)(F)C(F)(F)C(F)(F)C(F)(F)F)(OCC)OCC. The van der Waals surface area contributed by atoms with Gasteiger partial charge in [-0.05, 0) is 27.2 Å². The van der Waals surface area contributed by atoms with Crippen molar-refractivity contribution >= 4 is 10.9 Å². The van der Waals surface area contributed by atoms with Gasteiger partial charge in [0.2, 0.25) is 0 Å². The van der Waals surface area contributed by atoms with Crippen molar-refractivity contribution in [2.24, 2.45) is 0 Å². The molecule has 0 spiro atoms. The van der Waals surface area contributed by atoms with Gasteiger partial charge >= 0.3 is 36.0 Å². The molecule has 0 radical (unpaired) electrons. The summed E-state index contributed by atoms with van der Waals surface area (Å²) in [5, 5.41) is 0. The number of alkyl halides is 13. The molecule has 0 heterocycles. The second-order valence-electron chi connectivity index (χ2n) is 6.00. The minimum Gasteiger partial charge on any atom is -0.315 e. The van der Waals surface area contributed by atoms with Crippen LogP contribution in [0.5, 0.6) is 0 Å². The van der Waals surface area contributed by atoms with Crippen molar-refractivity contribution in [3.63, 3.8) is 0 Å². The topological polar surface area (TPSA) is 36.9 Å². The summed E-state index contributed by atoms with van der Waals surface area (Å²) in [5.41, 5.74) is 0. The lowest BCUT2D eigenvalue weighted by Crippen LogP contribution is -2.70. The minimum absolute atomic E-state index is 0.0286. The van der Waals surface area contributed by atoms with Crippen LogP contribution >= 0.6 is 10.9 Å². The summed E-state index contributed by atoms with van der Waals surface area (Å²) in [6.07, 6.45) is -14.8. The average molecular weight is 544 g/mol. The molecule has 0 bridgehead atoms. The molecule has 33 heavy (non-hydrogen) atoms. The van der Waals surface area contributed by atoms with Crippen LogP contribution in [0.1, 0.15) is 27.2 Å². The molecule has 0 amide bonds. The maximum Gasteiger partial charge on any atom is 0.460 e. The van der Waals surface area contributed by atoms with Crippen LogP contribution in [0.2, 0.25) is 0 Å². The zero-order chi connectivity index (χ0) is 26.6. The lowest BCUT2D eigenvalue weighted by atomic mass is 9.97. The van der Waals surface area contributed by atoms with E-state index in [-0.39, 0.29) is 19.8 Å². The molecule has 0 N–H and O–H groups in total. The van der Waals surface area contributed by atoms with E-state index >= 15 is 0 Å². The van der Waals surface area contributed by atoms with Crippen molar-refractivity contribution in [2.45, 2.75) is 63.2 Å². The Kier molecular flexibility index (Phi) is 10.7. The van der Waals surface area contributed by atoms with Crippen molar-refractivity contribution in [3.05, 3.63) is 0 Å². The molecule has 0 unspecified atom stereocenters. The predicted molar refractivity (Wildman–Crippen MR) is 88.7 cm³/mol. The second-order valence-corrected chi connectivity index (χ2v) is 8.23. The van der Waals surface area contributed by atoms with Gasteiger partial charge in [0.1, 0.15) is 0 Å².